The number of alkyl halides is 1. The van der Waals surface area contributed by atoms with Crippen LogP contribution in [0.15, 0.2) is 24.3 Å². The molecule has 4 nitrogen and oxygen atoms in total. The summed E-state index contributed by atoms with van der Waals surface area (Å²) >= 11 is 3.26. The zero-order valence-corrected chi connectivity index (χ0v) is 12.6. The van der Waals surface area contributed by atoms with E-state index in [1.54, 1.807) is 0 Å². The number of rotatable bonds is 8. The minimum Gasteiger partial charge on any atom is -0.396 e. The molecule has 0 heterocycles. The molecule has 1 aromatic carbocycles. The Balaban J connectivity index is 2.40. The highest BCUT2D eigenvalue weighted by Crippen LogP contribution is 2.13. The van der Waals surface area contributed by atoms with Crippen molar-refractivity contribution in [1.82, 2.24) is 5.32 Å². The molecular formula is C14H21BrN2O2. The molecule has 0 aliphatic heterocycles. The van der Waals surface area contributed by atoms with Crippen LogP contribution in [0.25, 0.3) is 0 Å². The van der Waals surface area contributed by atoms with Gasteiger partial charge in [0.05, 0.1) is 0 Å². The van der Waals surface area contributed by atoms with Crippen LogP contribution in [0.1, 0.15) is 24.8 Å². The number of amides is 2. The van der Waals surface area contributed by atoms with Crippen LogP contribution in [0.4, 0.5) is 10.5 Å². The second-order valence-electron chi connectivity index (χ2n) is 4.30. The molecule has 0 aliphatic carbocycles. The molecule has 2 amide bonds. The third-order valence-electron chi connectivity index (χ3n) is 2.69. The SMILES string of the molecule is O=C(NCCBr)Nc1cccc(CCCCCO)c1. The van der Waals surface area contributed by atoms with Crippen molar-refractivity contribution >= 4 is 27.6 Å². The Morgan fingerprint density at radius 1 is 1.26 bits per heavy atom. The second-order valence-corrected chi connectivity index (χ2v) is 5.10. The Labute approximate surface area is 122 Å². The first-order chi connectivity index (χ1) is 9.26. The van der Waals surface area contributed by atoms with Gasteiger partial charge in [-0.15, -0.1) is 0 Å². The van der Waals surface area contributed by atoms with Gasteiger partial charge < -0.3 is 15.7 Å². The number of aliphatic hydroxyl groups is 1. The van der Waals surface area contributed by atoms with Gasteiger partial charge in [-0.2, -0.15) is 0 Å². The minimum absolute atomic E-state index is 0.183. The molecule has 0 bridgehead atoms. The standard InChI is InChI=1S/C14H21BrN2O2/c15-8-9-16-14(19)17-13-7-4-6-12(11-13)5-2-1-3-10-18/h4,6-7,11,18H,1-3,5,8-10H2,(H2,16,17,19). The van der Waals surface area contributed by atoms with E-state index < -0.39 is 0 Å². The van der Waals surface area contributed by atoms with E-state index in [1.165, 1.54) is 5.56 Å². The number of benzene rings is 1. The minimum atomic E-state index is -0.183. The van der Waals surface area contributed by atoms with Gasteiger partial charge >= 0.3 is 6.03 Å². The lowest BCUT2D eigenvalue weighted by Gasteiger charge is -2.08. The van der Waals surface area contributed by atoms with E-state index >= 15 is 0 Å². The summed E-state index contributed by atoms with van der Waals surface area (Å²) in [7, 11) is 0. The smallest absolute Gasteiger partial charge is 0.319 e. The van der Waals surface area contributed by atoms with Crippen molar-refractivity contribution in [2.24, 2.45) is 0 Å². The summed E-state index contributed by atoms with van der Waals surface area (Å²) in [6, 6.07) is 7.69. The van der Waals surface area contributed by atoms with Gasteiger partial charge in [-0.25, -0.2) is 4.79 Å². The molecule has 0 saturated heterocycles. The average Bonchev–Trinajstić information content (AvgIpc) is 2.42. The van der Waals surface area contributed by atoms with Crippen molar-refractivity contribution in [3.05, 3.63) is 29.8 Å². The fraction of sp³-hybridized carbons (Fsp3) is 0.500. The number of aliphatic hydroxyl groups excluding tert-OH is 1. The number of unbranched alkanes of at least 4 members (excludes halogenated alkanes) is 2. The van der Waals surface area contributed by atoms with Crippen LogP contribution in [0, 0.1) is 0 Å². The van der Waals surface area contributed by atoms with Crippen molar-refractivity contribution in [3.8, 4) is 0 Å². The van der Waals surface area contributed by atoms with Gasteiger partial charge in [0.1, 0.15) is 0 Å². The number of hydrogen-bond acceptors (Lipinski definition) is 2. The van der Waals surface area contributed by atoms with Gasteiger partial charge in [-0.05, 0) is 37.0 Å². The van der Waals surface area contributed by atoms with Crippen LogP contribution in [0.5, 0.6) is 0 Å². The Morgan fingerprint density at radius 3 is 2.84 bits per heavy atom. The molecule has 3 N–H and O–H groups in total. The number of carbonyl (C=O) groups excluding carboxylic acids is 1. The largest absolute Gasteiger partial charge is 0.396 e. The predicted octanol–water partition coefficient (Wildman–Crippen LogP) is 2.91. The Kier molecular flexibility index (Phi) is 8.25. The van der Waals surface area contributed by atoms with Gasteiger partial charge in [-0.1, -0.05) is 34.5 Å². The van der Waals surface area contributed by atoms with E-state index in [2.05, 4.69) is 32.6 Å². The Bertz CT molecular complexity index is 385. The molecule has 0 spiro atoms. The Morgan fingerprint density at radius 2 is 2.11 bits per heavy atom. The lowest BCUT2D eigenvalue weighted by Crippen LogP contribution is -2.30. The first kappa shape index (κ1) is 16.0. The molecule has 0 aliphatic rings. The van der Waals surface area contributed by atoms with Crippen molar-refractivity contribution in [3.63, 3.8) is 0 Å². The topological polar surface area (TPSA) is 61.4 Å². The number of aryl methyl sites for hydroxylation is 1. The maximum absolute atomic E-state index is 11.5. The fourth-order valence-electron chi connectivity index (χ4n) is 1.76. The van der Waals surface area contributed by atoms with E-state index in [0.717, 1.165) is 36.7 Å². The molecule has 19 heavy (non-hydrogen) atoms. The van der Waals surface area contributed by atoms with E-state index in [4.69, 9.17) is 5.11 Å². The van der Waals surface area contributed by atoms with Crippen LogP contribution < -0.4 is 10.6 Å². The summed E-state index contributed by atoms with van der Waals surface area (Å²) in [5, 5.41) is 15.0. The molecule has 0 aromatic heterocycles. The molecule has 0 radical (unpaired) electrons. The zero-order chi connectivity index (χ0) is 13.9. The second kappa shape index (κ2) is 9.81. The van der Waals surface area contributed by atoms with Gasteiger partial charge in [0.25, 0.3) is 0 Å². The van der Waals surface area contributed by atoms with Crippen LogP contribution >= 0.6 is 15.9 Å². The molecule has 5 heteroatoms. The summed E-state index contributed by atoms with van der Waals surface area (Å²) in [6.45, 7) is 0.863. The maximum Gasteiger partial charge on any atom is 0.319 e. The monoisotopic (exact) mass is 328 g/mol. The van der Waals surface area contributed by atoms with Crippen LogP contribution in [-0.2, 0) is 6.42 Å². The highest BCUT2D eigenvalue weighted by molar-refractivity contribution is 9.09. The highest BCUT2D eigenvalue weighted by atomic mass is 79.9. The van der Waals surface area contributed by atoms with E-state index in [9.17, 15) is 4.79 Å². The number of anilines is 1. The predicted molar refractivity (Wildman–Crippen MR) is 81.9 cm³/mol. The molecule has 0 saturated carbocycles. The number of carbonyl (C=O) groups is 1. The van der Waals surface area contributed by atoms with Crippen LogP contribution in [0.3, 0.4) is 0 Å². The number of halogens is 1. The highest BCUT2D eigenvalue weighted by Gasteiger charge is 2.01. The summed E-state index contributed by atoms with van der Waals surface area (Å²) in [6.07, 6.45) is 3.91. The summed E-state index contributed by atoms with van der Waals surface area (Å²) < 4.78 is 0. The van der Waals surface area contributed by atoms with Gasteiger partial charge in [0, 0.05) is 24.2 Å². The molecule has 106 valence electrons. The molecule has 0 atom stereocenters. The van der Waals surface area contributed by atoms with Crippen molar-refractivity contribution in [2.45, 2.75) is 25.7 Å². The molecular weight excluding hydrogens is 308 g/mol. The molecule has 0 fully saturated rings. The maximum atomic E-state index is 11.5. The lowest BCUT2D eigenvalue weighted by atomic mass is 10.1. The first-order valence-corrected chi connectivity index (χ1v) is 7.69. The van der Waals surface area contributed by atoms with E-state index in [-0.39, 0.29) is 12.6 Å². The van der Waals surface area contributed by atoms with E-state index in [0.29, 0.717) is 6.54 Å². The number of urea groups is 1. The average molecular weight is 329 g/mol. The quantitative estimate of drug-likeness (QED) is 0.507. The lowest BCUT2D eigenvalue weighted by molar-refractivity contribution is 0.252. The summed E-state index contributed by atoms with van der Waals surface area (Å²) in [5.74, 6) is 0. The van der Waals surface area contributed by atoms with Crippen molar-refractivity contribution < 1.29 is 9.90 Å². The van der Waals surface area contributed by atoms with Gasteiger partial charge in [0.15, 0.2) is 0 Å². The molecule has 1 aromatic rings. The number of nitrogens with one attached hydrogen (secondary N) is 2. The summed E-state index contributed by atoms with van der Waals surface area (Å²) in [5.41, 5.74) is 2.02. The van der Waals surface area contributed by atoms with Gasteiger partial charge in [0.2, 0.25) is 0 Å². The normalized spacial score (nSPS) is 10.2. The third-order valence-corrected chi connectivity index (χ3v) is 3.08. The van der Waals surface area contributed by atoms with Crippen molar-refractivity contribution in [1.29, 1.82) is 0 Å². The Hall–Kier alpha value is -1.07. The fourth-order valence-corrected chi connectivity index (χ4v) is 1.96. The van der Waals surface area contributed by atoms with Crippen LogP contribution in [0.2, 0.25) is 0 Å². The van der Waals surface area contributed by atoms with Gasteiger partial charge in [-0.3, -0.25) is 0 Å². The van der Waals surface area contributed by atoms with Crippen LogP contribution in [-0.4, -0.2) is 29.6 Å². The first-order valence-electron chi connectivity index (χ1n) is 6.57. The van der Waals surface area contributed by atoms with Crippen molar-refractivity contribution in [2.75, 3.05) is 23.8 Å². The molecule has 1 rings (SSSR count). The third kappa shape index (κ3) is 7.18. The molecule has 0 unspecified atom stereocenters. The zero-order valence-electron chi connectivity index (χ0n) is 11.0. The summed E-state index contributed by atoms with van der Waals surface area (Å²) in [4.78, 5) is 11.5. The van der Waals surface area contributed by atoms with E-state index in [1.807, 2.05) is 18.2 Å². The number of hydrogen-bond donors (Lipinski definition) is 3.